The Morgan fingerprint density at radius 1 is 1.36 bits per heavy atom. The number of aliphatic hydroxyl groups excluding tert-OH is 1. The summed E-state index contributed by atoms with van der Waals surface area (Å²) in [6.45, 7) is 5.01. The third-order valence-electron chi connectivity index (χ3n) is 1.65. The number of rotatable bonds is 4. The second-order valence-corrected chi connectivity index (χ2v) is 3.26. The molecule has 0 amide bonds. The summed E-state index contributed by atoms with van der Waals surface area (Å²) in [5.74, 6) is -2.80. The van der Waals surface area contributed by atoms with Gasteiger partial charge in [0, 0.05) is 6.42 Å². The van der Waals surface area contributed by atoms with Crippen molar-refractivity contribution in [1.82, 2.24) is 0 Å². The van der Waals surface area contributed by atoms with E-state index in [9.17, 15) is 8.78 Å². The molecule has 1 N–H and O–H groups in total. The van der Waals surface area contributed by atoms with Gasteiger partial charge in [0.05, 0.1) is 0 Å². The molecule has 0 rings (SSSR count). The fourth-order valence-corrected chi connectivity index (χ4v) is 0.855. The van der Waals surface area contributed by atoms with Crippen LogP contribution >= 0.6 is 0 Å². The fourth-order valence-electron chi connectivity index (χ4n) is 0.855. The molecule has 68 valence electrons. The van der Waals surface area contributed by atoms with Gasteiger partial charge >= 0.3 is 0 Å². The quantitative estimate of drug-likeness (QED) is 0.680. The normalized spacial score (nSPS) is 15.5. The molecule has 3 heteroatoms. The van der Waals surface area contributed by atoms with Gasteiger partial charge in [-0.1, -0.05) is 20.8 Å². The monoisotopic (exact) mass is 166 g/mol. The molecule has 0 radical (unpaired) electrons. The first kappa shape index (κ1) is 10.8. The smallest absolute Gasteiger partial charge is 0.273 e. The topological polar surface area (TPSA) is 20.2 Å². The molecule has 11 heavy (non-hydrogen) atoms. The van der Waals surface area contributed by atoms with Crippen LogP contribution in [-0.4, -0.2) is 17.1 Å². The van der Waals surface area contributed by atoms with Crippen molar-refractivity contribution in [3.8, 4) is 0 Å². The lowest BCUT2D eigenvalue weighted by molar-refractivity contribution is -0.116. The van der Waals surface area contributed by atoms with E-state index in [2.05, 4.69) is 0 Å². The van der Waals surface area contributed by atoms with Crippen molar-refractivity contribution in [2.24, 2.45) is 5.92 Å². The van der Waals surface area contributed by atoms with Crippen molar-refractivity contribution in [3.05, 3.63) is 0 Å². The standard InChI is InChI=1S/C8H16F2O/c1-4-8(9,10)7(11)5-6(2)3/h6-7,11H,4-5H2,1-3H3. The second kappa shape index (κ2) is 4.00. The summed E-state index contributed by atoms with van der Waals surface area (Å²) < 4.78 is 25.3. The maximum absolute atomic E-state index is 12.7. The Morgan fingerprint density at radius 2 is 1.82 bits per heavy atom. The lowest BCUT2D eigenvalue weighted by Crippen LogP contribution is -2.33. The summed E-state index contributed by atoms with van der Waals surface area (Å²) in [5, 5.41) is 9.00. The zero-order chi connectivity index (χ0) is 9.07. The van der Waals surface area contributed by atoms with Gasteiger partial charge in [0.15, 0.2) is 0 Å². The Hall–Kier alpha value is -0.180. The third-order valence-corrected chi connectivity index (χ3v) is 1.65. The zero-order valence-corrected chi connectivity index (χ0v) is 7.27. The van der Waals surface area contributed by atoms with Gasteiger partial charge in [0.1, 0.15) is 6.10 Å². The second-order valence-electron chi connectivity index (χ2n) is 3.26. The molecule has 0 aromatic rings. The van der Waals surface area contributed by atoms with Gasteiger partial charge in [-0.2, -0.15) is 0 Å². The van der Waals surface area contributed by atoms with Crippen LogP contribution in [0.4, 0.5) is 8.78 Å². The van der Waals surface area contributed by atoms with E-state index in [0.717, 1.165) is 0 Å². The van der Waals surface area contributed by atoms with E-state index in [4.69, 9.17) is 5.11 Å². The maximum Gasteiger partial charge on any atom is 0.273 e. The average molecular weight is 166 g/mol. The highest BCUT2D eigenvalue weighted by Crippen LogP contribution is 2.26. The van der Waals surface area contributed by atoms with Crippen molar-refractivity contribution in [2.75, 3.05) is 0 Å². The number of hydrogen-bond donors (Lipinski definition) is 1. The molecule has 1 unspecified atom stereocenters. The molecule has 0 heterocycles. The van der Waals surface area contributed by atoms with Crippen LogP contribution < -0.4 is 0 Å². The molecule has 1 atom stereocenters. The summed E-state index contributed by atoms with van der Waals surface area (Å²) in [5.41, 5.74) is 0. The lowest BCUT2D eigenvalue weighted by atomic mass is 10.00. The molecule has 1 nitrogen and oxygen atoms in total. The van der Waals surface area contributed by atoms with Crippen LogP contribution in [0, 0.1) is 5.92 Å². The van der Waals surface area contributed by atoms with Crippen molar-refractivity contribution in [2.45, 2.75) is 45.6 Å². The Bertz CT molecular complexity index is 113. The van der Waals surface area contributed by atoms with Crippen LogP contribution in [0.5, 0.6) is 0 Å². The third kappa shape index (κ3) is 3.65. The number of halogens is 2. The Kier molecular flexibility index (Phi) is 3.93. The molecule has 0 aromatic heterocycles. The molecule has 0 aliphatic carbocycles. The molecule has 0 saturated carbocycles. The summed E-state index contributed by atoms with van der Waals surface area (Å²) in [4.78, 5) is 0. The first-order chi connectivity index (χ1) is 4.90. The predicted molar refractivity (Wildman–Crippen MR) is 40.7 cm³/mol. The highest BCUT2D eigenvalue weighted by Gasteiger charge is 2.36. The lowest BCUT2D eigenvalue weighted by Gasteiger charge is -2.22. The summed E-state index contributed by atoms with van der Waals surface area (Å²) >= 11 is 0. The van der Waals surface area contributed by atoms with Crippen LogP contribution in [0.2, 0.25) is 0 Å². The molecule has 0 spiro atoms. The Balaban J connectivity index is 3.90. The molecular formula is C8H16F2O. The van der Waals surface area contributed by atoms with E-state index in [0.29, 0.717) is 0 Å². The van der Waals surface area contributed by atoms with Crippen molar-refractivity contribution >= 4 is 0 Å². The highest BCUT2D eigenvalue weighted by atomic mass is 19.3. The van der Waals surface area contributed by atoms with Gasteiger partial charge in [0.25, 0.3) is 5.92 Å². The maximum atomic E-state index is 12.7. The average Bonchev–Trinajstić information content (AvgIpc) is 1.86. The number of hydrogen-bond acceptors (Lipinski definition) is 1. The van der Waals surface area contributed by atoms with Crippen LogP contribution in [0.3, 0.4) is 0 Å². The van der Waals surface area contributed by atoms with E-state index in [-0.39, 0.29) is 18.8 Å². The van der Waals surface area contributed by atoms with Crippen molar-refractivity contribution in [1.29, 1.82) is 0 Å². The van der Waals surface area contributed by atoms with E-state index in [1.807, 2.05) is 13.8 Å². The van der Waals surface area contributed by atoms with Gasteiger partial charge in [0.2, 0.25) is 0 Å². The van der Waals surface area contributed by atoms with Gasteiger partial charge in [-0.05, 0) is 12.3 Å². The van der Waals surface area contributed by atoms with E-state index >= 15 is 0 Å². The van der Waals surface area contributed by atoms with Crippen molar-refractivity contribution < 1.29 is 13.9 Å². The Morgan fingerprint density at radius 3 is 2.09 bits per heavy atom. The predicted octanol–water partition coefficient (Wildman–Crippen LogP) is 2.44. The molecule has 0 bridgehead atoms. The largest absolute Gasteiger partial charge is 0.387 e. The molecule has 0 aliphatic rings. The van der Waals surface area contributed by atoms with Gasteiger partial charge in [-0.3, -0.25) is 0 Å². The molecule has 0 fully saturated rings. The molecule has 0 aromatic carbocycles. The van der Waals surface area contributed by atoms with Crippen LogP contribution in [0.1, 0.15) is 33.6 Å². The molecule has 0 saturated heterocycles. The van der Waals surface area contributed by atoms with Crippen LogP contribution in [0.25, 0.3) is 0 Å². The van der Waals surface area contributed by atoms with Gasteiger partial charge < -0.3 is 5.11 Å². The molecule has 0 aliphatic heterocycles. The van der Waals surface area contributed by atoms with Gasteiger partial charge in [-0.25, -0.2) is 8.78 Å². The van der Waals surface area contributed by atoms with E-state index in [1.165, 1.54) is 6.92 Å². The first-order valence-electron chi connectivity index (χ1n) is 3.96. The Labute approximate surface area is 66.4 Å². The fraction of sp³-hybridized carbons (Fsp3) is 1.00. The van der Waals surface area contributed by atoms with Gasteiger partial charge in [-0.15, -0.1) is 0 Å². The number of aliphatic hydroxyl groups is 1. The van der Waals surface area contributed by atoms with Crippen LogP contribution in [0.15, 0.2) is 0 Å². The van der Waals surface area contributed by atoms with Crippen molar-refractivity contribution in [3.63, 3.8) is 0 Å². The summed E-state index contributed by atoms with van der Waals surface area (Å²) in [7, 11) is 0. The SMILES string of the molecule is CCC(F)(F)C(O)CC(C)C. The minimum absolute atomic E-state index is 0.113. The minimum Gasteiger partial charge on any atom is -0.387 e. The minimum atomic E-state index is -2.91. The zero-order valence-electron chi connectivity index (χ0n) is 7.27. The van der Waals surface area contributed by atoms with E-state index < -0.39 is 12.0 Å². The first-order valence-corrected chi connectivity index (χ1v) is 3.96. The summed E-state index contributed by atoms with van der Waals surface area (Å²) in [6, 6.07) is 0. The van der Waals surface area contributed by atoms with Crippen LogP contribution in [-0.2, 0) is 0 Å². The molecular weight excluding hydrogens is 150 g/mol. The summed E-state index contributed by atoms with van der Waals surface area (Å²) in [6.07, 6.45) is -1.60. The van der Waals surface area contributed by atoms with E-state index in [1.54, 1.807) is 0 Å². The highest BCUT2D eigenvalue weighted by molar-refractivity contribution is 4.75. The number of alkyl halides is 2.